The molecule has 2 heterocycles. The van der Waals surface area contributed by atoms with Crippen molar-refractivity contribution in [1.82, 2.24) is 20.5 Å². The molecule has 4 rings (SSSR count). The molecular formula is C23H27N7O4S. The van der Waals surface area contributed by atoms with Gasteiger partial charge in [-0.05, 0) is 35.4 Å². The van der Waals surface area contributed by atoms with Crippen LogP contribution in [0.25, 0.3) is 0 Å². The fourth-order valence-electron chi connectivity index (χ4n) is 4.05. The molecular weight excluding hydrogens is 470 g/mol. The van der Waals surface area contributed by atoms with Crippen LogP contribution in [0.4, 0.5) is 23.1 Å². The van der Waals surface area contributed by atoms with Crippen LogP contribution in [0, 0.1) is 0 Å². The Morgan fingerprint density at radius 3 is 2.57 bits per heavy atom. The number of nitrogens with one attached hydrogen (secondary N) is 3. The number of aromatic nitrogens is 3. The number of para-hydroxylation sites is 1. The second-order valence-corrected chi connectivity index (χ2v) is 10.9. The lowest BCUT2D eigenvalue weighted by Crippen LogP contribution is -2.38. The molecule has 0 unspecified atom stereocenters. The molecule has 1 aromatic heterocycles. The molecule has 0 aliphatic carbocycles. The highest BCUT2D eigenvalue weighted by Gasteiger charge is 2.29. The van der Waals surface area contributed by atoms with Gasteiger partial charge in [0.05, 0.1) is 23.4 Å². The predicted octanol–water partition coefficient (Wildman–Crippen LogP) is 2.25. The van der Waals surface area contributed by atoms with E-state index in [1.807, 2.05) is 12.1 Å². The number of nitrogens with zero attached hydrogens (tertiary/aromatic N) is 3. The third-order valence-electron chi connectivity index (χ3n) is 5.74. The molecule has 0 bridgehead atoms. The number of hydrogen-bond acceptors (Lipinski definition) is 10. The van der Waals surface area contributed by atoms with Crippen molar-refractivity contribution in [2.45, 2.75) is 30.7 Å². The van der Waals surface area contributed by atoms with Crippen molar-refractivity contribution in [3.63, 3.8) is 0 Å². The summed E-state index contributed by atoms with van der Waals surface area (Å²) in [5, 5.41) is 17.3. The molecule has 0 saturated carbocycles. The van der Waals surface area contributed by atoms with Crippen LogP contribution in [0.15, 0.2) is 41.3 Å². The predicted molar refractivity (Wildman–Crippen MR) is 132 cm³/mol. The molecule has 1 aliphatic rings. The minimum atomic E-state index is -3.55. The van der Waals surface area contributed by atoms with Gasteiger partial charge in [0, 0.05) is 24.8 Å². The van der Waals surface area contributed by atoms with Crippen LogP contribution in [0.2, 0.25) is 0 Å². The molecule has 184 valence electrons. The van der Waals surface area contributed by atoms with Crippen molar-refractivity contribution in [2.24, 2.45) is 5.73 Å². The molecule has 5 N–H and O–H groups in total. The number of methoxy groups -OCH3 is 1. The highest BCUT2D eigenvalue weighted by Crippen LogP contribution is 2.38. The van der Waals surface area contributed by atoms with Crippen molar-refractivity contribution in [1.29, 1.82) is 0 Å². The van der Waals surface area contributed by atoms with Gasteiger partial charge in [-0.1, -0.05) is 26.0 Å². The Morgan fingerprint density at radius 1 is 1.14 bits per heavy atom. The number of nitrogens with two attached hydrogens (primary N) is 1. The summed E-state index contributed by atoms with van der Waals surface area (Å²) < 4.78 is 30.0. The van der Waals surface area contributed by atoms with Crippen LogP contribution in [0.5, 0.6) is 5.75 Å². The van der Waals surface area contributed by atoms with Crippen LogP contribution in [0.3, 0.4) is 0 Å². The zero-order valence-corrected chi connectivity index (χ0v) is 20.7. The van der Waals surface area contributed by atoms with E-state index in [9.17, 15) is 13.2 Å². The standard InChI is InChI=1S/C23H27N7O4S/c1-23(2)12-25-11-13-9-16(17(34-3)10-14(13)23)27-22-28-21(19(20(24)31)29-30-22)26-15-7-5-6-8-18(15)35(4,32)33/h5-10,25H,11-12H2,1-4H3,(H2,24,31)(H2,26,27,28,30). The molecule has 2 aromatic carbocycles. The number of ether oxygens (including phenoxy) is 1. The minimum Gasteiger partial charge on any atom is -0.495 e. The number of benzene rings is 2. The van der Waals surface area contributed by atoms with Crippen molar-refractivity contribution >= 4 is 38.9 Å². The van der Waals surface area contributed by atoms with Crippen LogP contribution in [-0.2, 0) is 21.8 Å². The van der Waals surface area contributed by atoms with E-state index in [1.165, 1.54) is 11.6 Å². The van der Waals surface area contributed by atoms with Gasteiger partial charge in [0.1, 0.15) is 5.75 Å². The van der Waals surface area contributed by atoms with Gasteiger partial charge in [-0.2, -0.15) is 4.98 Å². The van der Waals surface area contributed by atoms with Gasteiger partial charge in [0.2, 0.25) is 5.95 Å². The molecule has 35 heavy (non-hydrogen) atoms. The number of amides is 1. The van der Waals surface area contributed by atoms with Crippen molar-refractivity contribution in [2.75, 3.05) is 30.5 Å². The SMILES string of the molecule is COc1cc2c(cc1Nc1nnc(C(N)=O)c(Nc3ccccc3S(C)(=O)=O)n1)CNCC2(C)C. The summed E-state index contributed by atoms with van der Waals surface area (Å²) in [5.74, 6) is -0.241. The van der Waals surface area contributed by atoms with Gasteiger partial charge in [0.15, 0.2) is 21.3 Å². The Labute approximate surface area is 203 Å². The number of rotatable bonds is 7. The first-order valence-electron chi connectivity index (χ1n) is 10.8. The molecule has 3 aromatic rings. The molecule has 1 amide bonds. The second-order valence-electron chi connectivity index (χ2n) is 8.91. The van der Waals surface area contributed by atoms with Gasteiger partial charge >= 0.3 is 0 Å². The first-order chi connectivity index (χ1) is 16.5. The lowest BCUT2D eigenvalue weighted by atomic mass is 9.79. The largest absolute Gasteiger partial charge is 0.495 e. The number of sulfone groups is 1. The third-order valence-corrected chi connectivity index (χ3v) is 6.90. The van der Waals surface area contributed by atoms with Crippen molar-refractivity contribution < 1.29 is 17.9 Å². The normalized spacial score (nSPS) is 14.6. The monoisotopic (exact) mass is 497 g/mol. The average Bonchev–Trinajstić information content (AvgIpc) is 2.78. The minimum absolute atomic E-state index is 0.0363. The van der Waals surface area contributed by atoms with Crippen molar-refractivity contribution in [3.8, 4) is 5.75 Å². The van der Waals surface area contributed by atoms with E-state index in [2.05, 4.69) is 45.0 Å². The zero-order valence-electron chi connectivity index (χ0n) is 19.8. The lowest BCUT2D eigenvalue weighted by Gasteiger charge is -2.34. The highest BCUT2D eigenvalue weighted by atomic mass is 32.2. The lowest BCUT2D eigenvalue weighted by molar-refractivity contribution is 0.0995. The molecule has 0 saturated heterocycles. The summed E-state index contributed by atoms with van der Waals surface area (Å²) in [6.07, 6.45) is 1.09. The van der Waals surface area contributed by atoms with E-state index in [0.29, 0.717) is 18.0 Å². The number of primary amides is 1. The Morgan fingerprint density at radius 2 is 1.89 bits per heavy atom. The Kier molecular flexibility index (Phi) is 6.34. The zero-order chi connectivity index (χ0) is 25.4. The van der Waals surface area contributed by atoms with Crippen LogP contribution < -0.4 is 26.4 Å². The van der Waals surface area contributed by atoms with Gasteiger partial charge in [-0.3, -0.25) is 4.79 Å². The molecule has 12 heteroatoms. The summed E-state index contributed by atoms with van der Waals surface area (Å²) in [6.45, 7) is 5.87. The topological polar surface area (TPSA) is 161 Å². The average molecular weight is 498 g/mol. The Hall–Kier alpha value is -3.77. The number of hydrogen-bond donors (Lipinski definition) is 4. The summed E-state index contributed by atoms with van der Waals surface area (Å²) in [7, 11) is -1.98. The van der Waals surface area contributed by atoms with Crippen molar-refractivity contribution in [3.05, 3.63) is 53.2 Å². The molecule has 0 radical (unpaired) electrons. The van der Waals surface area contributed by atoms with E-state index in [0.717, 1.165) is 18.4 Å². The van der Waals surface area contributed by atoms with Crippen LogP contribution in [-0.4, -0.2) is 49.4 Å². The smallest absolute Gasteiger partial charge is 0.273 e. The first-order valence-corrected chi connectivity index (χ1v) is 12.7. The molecule has 0 fully saturated rings. The summed E-state index contributed by atoms with van der Waals surface area (Å²) in [6, 6.07) is 10.2. The van der Waals surface area contributed by atoms with E-state index in [4.69, 9.17) is 10.5 Å². The van der Waals surface area contributed by atoms with Gasteiger partial charge in [-0.25, -0.2) is 8.42 Å². The maximum Gasteiger partial charge on any atom is 0.273 e. The highest BCUT2D eigenvalue weighted by molar-refractivity contribution is 7.90. The fraction of sp³-hybridized carbons (Fsp3) is 0.304. The number of carbonyl (C=O) groups is 1. The number of anilines is 4. The Balaban J connectivity index is 1.74. The maximum atomic E-state index is 12.2. The summed E-state index contributed by atoms with van der Waals surface area (Å²) in [5.41, 5.74) is 8.28. The first kappa shape index (κ1) is 24.4. The molecule has 0 spiro atoms. The number of fused-ring (bicyclic) bond motifs is 1. The molecule has 0 atom stereocenters. The van der Waals surface area contributed by atoms with Gasteiger partial charge in [0.25, 0.3) is 5.91 Å². The van der Waals surface area contributed by atoms with E-state index >= 15 is 0 Å². The Bertz CT molecular complexity index is 1410. The fourth-order valence-corrected chi connectivity index (χ4v) is 4.89. The molecule has 1 aliphatic heterocycles. The van der Waals surface area contributed by atoms with E-state index in [1.54, 1.807) is 25.3 Å². The third kappa shape index (κ3) is 5.03. The number of carbonyl (C=O) groups excluding carboxylic acids is 1. The maximum absolute atomic E-state index is 12.2. The van der Waals surface area contributed by atoms with E-state index in [-0.39, 0.29) is 33.5 Å². The van der Waals surface area contributed by atoms with Crippen LogP contribution in [0.1, 0.15) is 35.5 Å². The summed E-state index contributed by atoms with van der Waals surface area (Å²) in [4.78, 5) is 16.4. The van der Waals surface area contributed by atoms with Gasteiger partial charge < -0.3 is 26.4 Å². The summed E-state index contributed by atoms with van der Waals surface area (Å²) >= 11 is 0. The second kappa shape index (κ2) is 9.12. The molecule has 11 nitrogen and oxygen atoms in total. The quantitative estimate of drug-likeness (QED) is 0.381. The van der Waals surface area contributed by atoms with Crippen LogP contribution >= 0.6 is 0 Å². The van der Waals surface area contributed by atoms with E-state index < -0.39 is 15.7 Å². The van der Waals surface area contributed by atoms with Gasteiger partial charge in [-0.15, -0.1) is 10.2 Å².